The summed E-state index contributed by atoms with van der Waals surface area (Å²) in [6, 6.07) is 2.35. The predicted molar refractivity (Wildman–Crippen MR) is 52.6 cm³/mol. The molecule has 1 atom stereocenters. The molecule has 0 aromatic carbocycles. The molecule has 1 heteroatoms. The van der Waals surface area contributed by atoms with Gasteiger partial charge < -0.3 is 0 Å². The third kappa shape index (κ3) is 3.09. The van der Waals surface area contributed by atoms with Crippen molar-refractivity contribution in [2.75, 3.05) is 0 Å². The Hall–Kier alpha value is -0.770. The summed E-state index contributed by atoms with van der Waals surface area (Å²) >= 11 is 0. The van der Waals surface area contributed by atoms with Gasteiger partial charge in [-0.1, -0.05) is 32.4 Å². The molecule has 0 rings (SSSR count). The van der Waals surface area contributed by atoms with Crippen LogP contribution in [0.3, 0.4) is 0 Å². The fourth-order valence-corrected chi connectivity index (χ4v) is 0.991. The molecule has 0 amide bonds. The second kappa shape index (κ2) is 4.30. The molecule has 0 aromatic heterocycles. The lowest BCUT2D eigenvalue weighted by Gasteiger charge is -2.26. The average molecular weight is 165 g/mol. The van der Waals surface area contributed by atoms with Gasteiger partial charge in [-0.2, -0.15) is 5.26 Å². The first-order chi connectivity index (χ1) is 5.44. The van der Waals surface area contributed by atoms with Crippen molar-refractivity contribution in [3.8, 4) is 6.07 Å². The molecule has 0 aliphatic carbocycles. The van der Waals surface area contributed by atoms with Crippen molar-refractivity contribution in [3.63, 3.8) is 0 Å². The van der Waals surface area contributed by atoms with Crippen LogP contribution in [0.25, 0.3) is 0 Å². The van der Waals surface area contributed by atoms with E-state index < -0.39 is 0 Å². The minimum Gasteiger partial charge on any atom is -0.198 e. The van der Waals surface area contributed by atoms with Crippen molar-refractivity contribution in [2.24, 2.45) is 11.3 Å². The Morgan fingerprint density at radius 2 is 2.00 bits per heavy atom. The normalized spacial score (nSPS) is 13.3. The molecule has 0 spiro atoms. The van der Waals surface area contributed by atoms with Crippen molar-refractivity contribution >= 4 is 0 Å². The van der Waals surface area contributed by atoms with Crippen molar-refractivity contribution in [1.82, 2.24) is 0 Å². The number of allylic oxidation sites excluding steroid dienone is 2. The van der Waals surface area contributed by atoms with Gasteiger partial charge in [-0.3, -0.25) is 0 Å². The highest BCUT2D eigenvalue weighted by molar-refractivity contribution is 5.09. The quantitative estimate of drug-likeness (QED) is 0.587. The van der Waals surface area contributed by atoms with E-state index in [0.717, 1.165) is 6.42 Å². The lowest BCUT2D eigenvalue weighted by atomic mass is 9.77. The van der Waals surface area contributed by atoms with Crippen LogP contribution in [0.4, 0.5) is 0 Å². The maximum atomic E-state index is 8.95. The topological polar surface area (TPSA) is 23.8 Å². The van der Waals surface area contributed by atoms with Crippen LogP contribution < -0.4 is 0 Å². The van der Waals surface area contributed by atoms with Gasteiger partial charge in [0, 0.05) is 0 Å². The van der Waals surface area contributed by atoms with Crippen molar-refractivity contribution < 1.29 is 0 Å². The van der Waals surface area contributed by atoms with Gasteiger partial charge in [-0.25, -0.2) is 0 Å². The molecule has 0 aromatic rings. The molecular formula is C11H19N. The van der Waals surface area contributed by atoms with E-state index in [1.54, 1.807) is 0 Å². The van der Waals surface area contributed by atoms with Crippen molar-refractivity contribution in [1.29, 1.82) is 5.26 Å². The van der Waals surface area contributed by atoms with Gasteiger partial charge in [-0.05, 0) is 25.7 Å². The van der Waals surface area contributed by atoms with Crippen molar-refractivity contribution in [3.05, 3.63) is 11.6 Å². The third-order valence-electron chi connectivity index (χ3n) is 2.39. The molecule has 0 heterocycles. The number of hydrogen-bond acceptors (Lipinski definition) is 1. The minimum atomic E-state index is 0.0486. The van der Waals surface area contributed by atoms with E-state index in [1.807, 2.05) is 13.8 Å². The summed E-state index contributed by atoms with van der Waals surface area (Å²) in [5.74, 6) is 0.0486. The Labute approximate surface area is 76.1 Å². The zero-order chi connectivity index (χ0) is 9.78. The van der Waals surface area contributed by atoms with Crippen LogP contribution in [0, 0.1) is 22.7 Å². The van der Waals surface area contributed by atoms with E-state index in [0.29, 0.717) is 0 Å². The number of hydrogen-bond donors (Lipinski definition) is 0. The van der Waals surface area contributed by atoms with Gasteiger partial charge in [0.2, 0.25) is 0 Å². The highest BCUT2D eigenvalue weighted by Crippen LogP contribution is 2.31. The van der Waals surface area contributed by atoms with Gasteiger partial charge in [0.25, 0.3) is 0 Å². The summed E-state index contributed by atoms with van der Waals surface area (Å²) in [6.45, 7) is 10.5. The summed E-state index contributed by atoms with van der Waals surface area (Å²) in [6.07, 6.45) is 3.10. The molecule has 0 bridgehead atoms. The Morgan fingerprint density at radius 1 is 1.50 bits per heavy atom. The molecule has 0 saturated carbocycles. The number of rotatable bonds is 3. The summed E-state index contributed by atoms with van der Waals surface area (Å²) < 4.78 is 0. The maximum Gasteiger partial charge on any atom is 0.0703 e. The van der Waals surface area contributed by atoms with Crippen LogP contribution in [0.5, 0.6) is 0 Å². The second-order valence-corrected chi connectivity index (χ2v) is 4.19. The summed E-state index contributed by atoms with van der Waals surface area (Å²) in [5.41, 5.74) is 1.33. The fourth-order valence-electron chi connectivity index (χ4n) is 0.991. The zero-order valence-corrected chi connectivity index (χ0v) is 8.81. The molecule has 0 fully saturated rings. The molecule has 1 unspecified atom stereocenters. The summed E-state index contributed by atoms with van der Waals surface area (Å²) in [4.78, 5) is 0. The second-order valence-electron chi connectivity index (χ2n) is 4.19. The molecule has 0 aliphatic rings. The van der Waals surface area contributed by atoms with Gasteiger partial charge in [-0.15, -0.1) is 0 Å². The van der Waals surface area contributed by atoms with Crippen LogP contribution in [-0.2, 0) is 0 Å². The number of nitrogens with zero attached hydrogens (tertiary/aromatic N) is 1. The first-order valence-electron chi connectivity index (χ1n) is 4.48. The average Bonchev–Trinajstić information content (AvgIpc) is 1.99. The lowest BCUT2D eigenvalue weighted by Crippen LogP contribution is -2.20. The highest BCUT2D eigenvalue weighted by Gasteiger charge is 2.25. The molecule has 0 saturated heterocycles. The predicted octanol–water partition coefficient (Wildman–Crippen LogP) is 3.53. The monoisotopic (exact) mass is 165 g/mol. The van der Waals surface area contributed by atoms with E-state index in [1.165, 1.54) is 5.57 Å². The van der Waals surface area contributed by atoms with Crippen LogP contribution in [0.15, 0.2) is 11.6 Å². The molecule has 68 valence electrons. The Balaban J connectivity index is 4.60. The largest absolute Gasteiger partial charge is 0.198 e. The van der Waals surface area contributed by atoms with E-state index in [-0.39, 0.29) is 11.3 Å². The standard InChI is InChI=1S/C11H19N/c1-6-11(4,5)10(8-12)7-9(2)3/h7,10H,6H2,1-5H3. The zero-order valence-electron chi connectivity index (χ0n) is 8.81. The molecular weight excluding hydrogens is 146 g/mol. The van der Waals surface area contributed by atoms with Crippen LogP contribution in [-0.4, -0.2) is 0 Å². The molecule has 0 aliphatic heterocycles. The highest BCUT2D eigenvalue weighted by atomic mass is 14.3. The van der Waals surface area contributed by atoms with Gasteiger partial charge in [0.1, 0.15) is 0 Å². The van der Waals surface area contributed by atoms with Gasteiger partial charge in [0.05, 0.1) is 12.0 Å². The van der Waals surface area contributed by atoms with E-state index in [2.05, 4.69) is 32.9 Å². The maximum absolute atomic E-state index is 8.95. The van der Waals surface area contributed by atoms with Crippen LogP contribution in [0.2, 0.25) is 0 Å². The molecule has 12 heavy (non-hydrogen) atoms. The Bertz CT molecular complexity index is 202. The summed E-state index contributed by atoms with van der Waals surface area (Å²) in [5, 5.41) is 8.95. The Morgan fingerprint density at radius 3 is 2.25 bits per heavy atom. The van der Waals surface area contributed by atoms with Crippen LogP contribution in [0.1, 0.15) is 41.0 Å². The van der Waals surface area contributed by atoms with E-state index >= 15 is 0 Å². The smallest absolute Gasteiger partial charge is 0.0703 e. The Kier molecular flexibility index (Phi) is 4.03. The molecule has 0 N–H and O–H groups in total. The van der Waals surface area contributed by atoms with Gasteiger partial charge >= 0.3 is 0 Å². The fraction of sp³-hybridized carbons (Fsp3) is 0.727. The lowest BCUT2D eigenvalue weighted by molar-refractivity contribution is 0.296. The molecule has 1 nitrogen and oxygen atoms in total. The van der Waals surface area contributed by atoms with E-state index in [4.69, 9.17) is 5.26 Å². The SMILES string of the molecule is CCC(C)(C)C(C#N)C=C(C)C. The van der Waals surface area contributed by atoms with Crippen LogP contribution >= 0.6 is 0 Å². The minimum absolute atomic E-state index is 0.0486. The number of nitriles is 1. The first-order valence-corrected chi connectivity index (χ1v) is 4.48. The van der Waals surface area contributed by atoms with Crippen molar-refractivity contribution in [2.45, 2.75) is 41.0 Å². The van der Waals surface area contributed by atoms with E-state index in [9.17, 15) is 0 Å². The summed E-state index contributed by atoms with van der Waals surface area (Å²) in [7, 11) is 0. The van der Waals surface area contributed by atoms with Gasteiger partial charge in [0.15, 0.2) is 0 Å². The molecule has 0 radical (unpaired) electrons. The third-order valence-corrected chi connectivity index (χ3v) is 2.39. The first kappa shape index (κ1) is 11.2.